The van der Waals surface area contributed by atoms with Crippen molar-refractivity contribution < 1.29 is 9.53 Å². The number of rotatable bonds is 6. The van der Waals surface area contributed by atoms with Crippen LogP contribution in [-0.2, 0) is 16.0 Å². The maximum Gasteiger partial charge on any atom is 0.137 e. The van der Waals surface area contributed by atoms with Crippen LogP contribution in [0.3, 0.4) is 0 Å². The molecule has 1 aliphatic rings. The highest BCUT2D eigenvalue weighted by Gasteiger charge is 2.15. The molecule has 1 unspecified atom stereocenters. The summed E-state index contributed by atoms with van der Waals surface area (Å²) in [6.45, 7) is 0.877. The van der Waals surface area contributed by atoms with Gasteiger partial charge in [-0.05, 0) is 43.4 Å². The van der Waals surface area contributed by atoms with Crippen molar-refractivity contribution in [1.29, 1.82) is 0 Å². The zero-order valence-electron chi connectivity index (χ0n) is 10.8. The molecule has 1 aromatic carbocycles. The van der Waals surface area contributed by atoms with E-state index in [0.29, 0.717) is 29.0 Å². The molecular weight excluding hydrogens is 283 g/mol. The summed E-state index contributed by atoms with van der Waals surface area (Å²) in [5.41, 5.74) is 0.927. The van der Waals surface area contributed by atoms with E-state index in [0.717, 1.165) is 37.9 Å². The normalized spacial score (nSPS) is 18.7. The van der Waals surface area contributed by atoms with Crippen molar-refractivity contribution >= 4 is 29.0 Å². The molecule has 4 heteroatoms. The molecule has 0 radical (unpaired) electrons. The third-order valence-corrected chi connectivity index (χ3v) is 4.13. The zero-order chi connectivity index (χ0) is 13.7. The number of carbonyl (C=O) groups is 1. The molecule has 0 bridgehead atoms. The summed E-state index contributed by atoms with van der Waals surface area (Å²) >= 11 is 11.8. The van der Waals surface area contributed by atoms with Crippen LogP contribution in [0.5, 0.6) is 0 Å². The first-order chi connectivity index (χ1) is 9.15. The first kappa shape index (κ1) is 14.8. The fraction of sp³-hybridized carbons (Fsp3) is 0.533. The molecule has 2 rings (SSSR count). The molecule has 19 heavy (non-hydrogen) atoms. The molecule has 2 nitrogen and oxygen atoms in total. The summed E-state index contributed by atoms with van der Waals surface area (Å²) in [6.07, 6.45) is 5.61. The number of Topliss-reactive ketones (excluding diaryl/α,β-unsaturated/α-hetero) is 1. The van der Waals surface area contributed by atoms with Crippen LogP contribution in [0.2, 0.25) is 10.0 Å². The minimum atomic E-state index is 0.247. The Morgan fingerprint density at radius 1 is 1.32 bits per heavy atom. The monoisotopic (exact) mass is 300 g/mol. The van der Waals surface area contributed by atoms with Crippen molar-refractivity contribution in [3.05, 3.63) is 33.8 Å². The van der Waals surface area contributed by atoms with E-state index < -0.39 is 0 Å². The van der Waals surface area contributed by atoms with Gasteiger partial charge in [0.25, 0.3) is 0 Å². The van der Waals surface area contributed by atoms with Gasteiger partial charge in [-0.1, -0.05) is 29.3 Å². The second-order valence-electron chi connectivity index (χ2n) is 4.99. The number of hydrogen-bond donors (Lipinski definition) is 0. The fourth-order valence-electron chi connectivity index (χ4n) is 2.36. The van der Waals surface area contributed by atoms with Crippen LogP contribution >= 0.6 is 23.2 Å². The van der Waals surface area contributed by atoms with Crippen molar-refractivity contribution in [3.63, 3.8) is 0 Å². The summed E-state index contributed by atoms with van der Waals surface area (Å²) in [6, 6.07) is 5.35. The third kappa shape index (κ3) is 4.79. The molecule has 0 N–H and O–H groups in total. The van der Waals surface area contributed by atoms with Gasteiger partial charge in [0, 0.05) is 19.4 Å². The number of benzene rings is 1. The van der Waals surface area contributed by atoms with Crippen LogP contribution in [0.25, 0.3) is 0 Å². The van der Waals surface area contributed by atoms with Gasteiger partial charge in [-0.15, -0.1) is 0 Å². The Bertz CT molecular complexity index is 440. The van der Waals surface area contributed by atoms with E-state index in [1.165, 1.54) is 0 Å². The van der Waals surface area contributed by atoms with E-state index in [2.05, 4.69) is 0 Å². The van der Waals surface area contributed by atoms with Crippen LogP contribution in [0.1, 0.15) is 37.7 Å². The van der Waals surface area contributed by atoms with Crippen LogP contribution < -0.4 is 0 Å². The maximum atomic E-state index is 11.9. The molecular formula is C15H18Cl2O2. The average Bonchev–Trinajstić information content (AvgIpc) is 2.87. The SMILES string of the molecule is O=C(CCCC1CCCO1)Cc1ccc(Cl)c(Cl)c1. The van der Waals surface area contributed by atoms with Gasteiger partial charge in [0.15, 0.2) is 0 Å². The lowest BCUT2D eigenvalue weighted by molar-refractivity contribution is -0.118. The van der Waals surface area contributed by atoms with E-state index in [9.17, 15) is 4.79 Å². The lowest BCUT2D eigenvalue weighted by atomic mass is 10.0. The summed E-state index contributed by atoms with van der Waals surface area (Å²) in [5, 5.41) is 1.03. The molecule has 1 saturated heterocycles. The zero-order valence-corrected chi connectivity index (χ0v) is 12.3. The highest BCUT2D eigenvalue weighted by Crippen LogP contribution is 2.23. The summed E-state index contributed by atoms with van der Waals surface area (Å²) < 4.78 is 5.54. The first-order valence-corrected chi connectivity index (χ1v) is 7.48. The number of ether oxygens (including phenoxy) is 1. The Hall–Kier alpha value is -0.570. The molecule has 0 aromatic heterocycles. The number of ketones is 1. The van der Waals surface area contributed by atoms with E-state index >= 15 is 0 Å². The topological polar surface area (TPSA) is 26.3 Å². The Kier molecular flexibility index (Phi) is 5.68. The van der Waals surface area contributed by atoms with E-state index in [-0.39, 0.29) is 5.78 Å². The van der Waals surface area contributed by atoms with E-state index in [4.69, 9.17) is 27.9 Å². The van der Waals surface area contributed by atoms with Gasteiger partial charge in [-0.3, -0.25) is 4.79 Å². The molecule has 0 amide bonds. The smallest absolute Gasteiger partial charge is 0.137 e. The fourth-order valence-corrected chi connectivity index (χ4v) is 2.69. The van der Waals surface area contributed by atoms with E-state index in [1.54, 1.807) is 12.1 Å². The molecule has 1 atom stereocenters. The van der Waals surface area contributed by atoms with Crippen LogP contribution in [0, 0.1) is 0 Å². The Morgan fingerprint density at radius 3 is 2.84 bits per heavy atom. The van der Waals surface area contributed by atoms with Crippen LogP contribution in [0.4, 0.5) is 0 Å². The van der Waals surface area contributed by atoms with Crippen LogP contribution in [-0.4, -0.2) is 18.5 Å². The van der Waals surface area contributed by atoms with Gasteiger partial charge in [-0.2, -0.15) is 0 Å². The Morgan fingerprint density at radius 2 is 2.16 bits per heavy atom. The average molecular weight is 301 g/mol. The van der Waals surface area contributed by atoms with E-state index in [1.807, 2.05) is 6.07 Å². The van der Waals surface area contributed by atoms with Crippen molar-refractivity contribution in [2.24, 2.45) is 0 Å². The van der Waals surface area contributed by atoms with Crippen LogP contribution in [0.15, 0.2) is 18.2 Å². The second kappa shape index (κ2) is 7.28. The standard InChI is InChI=1S/C15H18Cl2O2/c16-14-7-6-11(10-15(14)17)9-12(18)3-1-4-13-5-2-8-19-13/h6-7,10,13H,1-5,8-9H2. The second-order valence-corrected chi connectivity index (χ2v) is 5.81. The lowest BCUT2D eigenvalue weighted by Crippen LogP contribution is -2.07. The number of halogens is 2. The highest BCUT2D eigenvalue weighted by molar-refractivity contribution is 6.42. The first-order valence-electron chi connectivity index (χ1n) is 6.72. The van der Waals surface area contributed by atoms with Gasteiger partial charge in [0.05, 0.1) is 16.1 Å². The lowest BCUT2D eigenvalue weighted by Gasteiger charge is -2.08. The minimum absolute atomic E-state index is 0.247. The molecule has 104 valence electrons. The quantitative estimate of drug-likeness (QED) is 0.775. The summed E-state index contributed by atoms with van der Waals surface area (Å²) in [7, 11) is 0. The third-order valence-electron chi connectivity index (χ3n) is 3.39. The number of carbonyl (C=O) groups excluding carboxylic acids is 1. The Balaban J connectivity index is 1.72. The van der Waals surface area contributed by atoms with Crippen molar-refractivity contribution in [1.82, 2.24) is 0 Å². The van der Waals surface area contributed by atoms with Gasteiger partial charge in [0.1, 0.15) is 5.78 Å². The Labute approximate surface area is 124 Å². The van der Waals surface area contributed by atoms with Gasteiger partial charge >= 0.3 is 0 Å². The number of hydrogen-bond acceptors (Lipinski definition) is 2. The predicted molar refractivity (Wildman–Crippen MR) is 78.0 cm³/mol. The molecule has 0 aliphatic carbocycles. The molecule has 1 aromatic rings. The maximum absolute atomic E-state index is 11.9. The molecule has 1 heterocycles. The van der Waals surface area contributed by atoms with Gasteiger partial charge in [0.2, 0.25) is 0 Å². The molecule has 0 spiro atoms. The molecule has 1 fully saturated rings. The summed E-state index contributed by atoms with van der Waals surface area (Å²) in [5.74, 6) is 0.247. The van der Waals surface area contributed by atoms with Crippen molar-refractivity contribution in [2.45, 2.75) is 44.6 Å². The molecule has 0 saturated carbocycles. The minimum Gasteiger partial charge on any atom is -0.378 e. The van der Waals surface area contributed by atoms with Gasteiger partial charge in [-0.25, -0.2) is 0 Å². The van der Waals surface area contributed by atoms with Crippen molar-refractivity contribution in [2.75, 3.05) is 6.61 Å². The largest absolute Gasteiger partial charge is 0.378 e. The highest BCUT2D eigenvalue weighted by atomic mass is 35.5. The molecule has 1 aliphatic heterocycles. The van der Waals surface area contributed by atoms with Crippen molar-refractivity contribution in [3.8, 4) is 0 Å². The predicted octanol–water partition coefficient (Wildman–Crippen LogP) is 4.45. The summed E-state index contributed by atoms with van der Waals surface area (Å²) in [4.78, 5) is 11.9. The van der Waals surface area contributed by atoms with Gasteiger partial charge < -0.3 is 4.74 Å².